The Morgan fingerprint density at radius 3 is 2.22 bits per heavy atom. The molecule has 45 heavy (non-hydrogen) atoms. The van der Waals surface area contributed by atoms with Crippen LogP contribution in [0.2, 0.25) is 0 Å². The first-order valence-corrected chi connectivity index (χ1v) is 15.4. The average Bonchev–Trinajstić information content (AvgIpc) is 3.27. The second kappa shape index (κ2) is 12.6. The summed E-state index contributed by atoms with van der Waals surface area (Å²) in [6, 6.07) is 4.10. The molecule has 1 aromatic carbocycles. The lowest BCUT2D eigenvalue weighted by Crippen LogP contribution is -2.54. The van der Waals surface area contributed by atoms with Crippen LogP contribution in [0.4, 0.5) is 19.3 Å². The maximum absolute atomic E-state index is 14.7. The van der Waals surface area contributed by atoms with Gasteiger partial charge < -0.3 is 15.2 Å². The van der Waals surface area contributed by atoms with Gasteiger partial charge in [0.1, 0.15) is 11.6 Å². The van der Waals surface area contributed by atoms with Gasteiger partial charge in [0.05, 0.1) is 24.0 Å². The Bertz CT molecular complexity index is 1360. The van der Waals surface area contributed by atoms with E-state index in [0.29, 0.717) is 5.69 Å². The Labute approximate surface area is 263 Å². The van der Waals surface area contributed by atoms with Crippen LogP contribution in [0, 0.1) is 0 Å². The lowest BCUT2D eigenvalue weighted by atomic mass is 9.87. The quantitative estimate of drug-likeness (QED) is 0.444. The molecule has 0 spiro atoms. The molecule has 2 heterocycles. The molecule has 1 unspecified atom stereocenters. The van der Waals surface area contributed by atoms with E-state index in [4.69, 9.17) is 4.74 Å². The van der Waals surface area contributed by atoms with Crippen molar-refractivity contribution in [3.8, 4) is 0 Å². The van der Waals surface area contributed by atoms with Crippen LogP contribution in [0.3, 0.4) is 0 Å². The number of aromatic nitrogens is 2. The van der Waals surface area contributed by atoms with Gasteiger partial charge in [-0.2, -0.15) is 0 Å². The third-order valence-electron chi connectivity index (χ3n) is 8.12. The summed E-state index contributed by atoms with van der Waals surface area (Å²) in [6.07, 6.45) is 2.79. The molecule has 1 aromatic heterocycles. The molecule has 10 nitrogen and oxygen atoms in total. The van der Waals surface area contributed by atoms with Gasteiger partial charge >= 0.3 is 6.09 Å². The van der Waals surface area contributed by atoms with Crippen molar-refractivity contribution in [1.82, 2.24) is 20.2 Å². The van der Waals surface area contributed by atoms with E-state index in [1.807, 2.05) is 32.9 Å². The zero-order chi connectivity index (χ0) is 33.4. The summed E-state index contributed by atoms with van der Waals surface area (Å²) < 4.78 is 33.4. The fourth-order valence-corrected chi connectivity index (χ4v) is 5.79. The molecule has 1 aliphatic heterocycles. The topological polar surface area (TPSA) is 125 Å². The third-order valence-corrected chi connectivity index (χ3v) is 8.12. The zero-order valence-corrected chi connectivity index (χ0v) is 27.1. The summed E-state index contributed by atoms with van der Waals surface area (Å²) in [5.74, 6) is -4.04. The van der Waals surface area contributed by atoms with Gasteiger partial charge in [-0.1, -0.05) is 32.9 Å². The summed E-state index contributed by atoms with van der Waals surface area (Å²) >= 11 is 0. The van der Waals surface area contributed by atoms with E-state index in [2.05, 4.69) is 15.3 Å². The number of carbonyl (C=O) groups excluding carboxylic acids is 3. The van der Waals surface area contributed by atoms with E-state index in [0.717, 1.165) is 5.56 Å². The van der Waals surface area contributed by atoms with Crippen molar-refractivity contribution in [2.24, 2.45) is 0 Å². The fourth-order valence-electron chi connectivity index (χ4n) is 5.79. The predicted molar refractivity (Wildman–Crippen MR) is 165 cm³/mol. The largest absolute Gasteiger partial charge is 0.444 e. The molecule has 2 N–H and O–H groups in total. The summed E-state index contributed by atoms with van der Waals surface area (Å²) in [4.78, 5) is 53.2. The number of ether oxygens (including phenoxy) is 1. The highest BCUT2D eigenvalue weighted by molar-refractivity contribution is 6.04. The van der Waals surface area contributed by atoms with Crippen molar-refractivity contribution in [1.29, 1.82) is 0 Å². The molecule has 4 rings (SSSR count). The van der Waals surface area contributed by atoms with Crippen LogP contribution in [-0.2, 0) is 19.7 Å². The van der Waals surface area contributed by atoms with Crippen LogP contribution in [0.5, 0.6) is 0 Å². The van der Waals surface area contributed by atoms with E-state index in [9.17, 15) is 28.3 Å². The minimum Gasteiger partial charge on any atom is -0.444 e. The summed E-state index contributed by atoms with van der Waals surface area (Å²) in [5.41, 5.74) is -0.976. The Hall–Kier alpha value is -3.67. The maximum Gasteiger partial charge on any atom is 0.411 e. The summed E-state index contributed by atoms with van der Waals surface area (Å²) in [5, 5.41) is 13.9. The van der Waals surface area contributed by atoms with E-state index < -0.39 is 53.2 Å². The number of halogens is 2. The first-order valence-electron chi connectivity index (χ1n) is 15.4. The number of hydrogen-bond acceptors (Lipinski definition) is 7. The molecular formula is C33H45F2N5O5. The van der Waals surface area contributed by atoms with Gasteiger partial charge in [0.2, 0.25) is 11.8 Å². The van der Waals surface area contributed by atoms with E-state index in [-0.39, 0.29) is 49.8 Å². The molecule has 2 aromatic rings. The minimum absolute atomic E-state index is 0.0814. The van der Waals surface area contributed by atoms with Crippen molar-refractivity contribution < 1.29 is 33.0 Å². The number of benzene rings is 1. The monoisotopic (exact) mass is 629 g/mol. The fraction of sp³-hybridized carbons (Fsp3) is 0.606. The lowest BCUT2D eigenvalue weighted by Gasteiger charge is -2.36. The van der Waals surface area contributed by atoms with Crippen molar-refractivity contribution in [3.63, 3.8) is 0 Å². The normalized spacial score (nSPS) is 22.9. The van der Waals surface area contributed by atoms with Crippen LogP contribution in [0.1, 0.15) is 97.9 Å². The first kappa shape index (κ1) is 34.2. The summed E-state index contributed by atoms with van der Waals surface area (Å²) in [6.45, 7) is 12.6. The molecule has 2 aliphatic rings. The molecule has 246 valence electrons. The number of nitrogens with zero attached hydrogens (tertiary/aromatic N) is 4. The molecule has 3 amide bonds. The van der Waals surface area contributed by atoms with Gasteiger partial charge in [0.15, 0.2) is 6.04 Å². The maximum atomic E-state index is 14.7. The van der Waals surface area contributed by atoms with Crippen LogP contribution in [0.25, 0.3) is 0 Å². The second-order valence-electron chi connectivity index (χ2n) is 14.5. The Morgan fingerprint density at radius 1 is 1.07 bits per heavy atom. The molecule has 0 radical (unpaired) electrons. The van der Waals surface area contributed by atoms with Crippen LogP contribution >= 0.6 is 0 Å². The smallest absolute Gasteiger partial charge is 0.411 e. The van der Waals surface area contributed by atoms with Crippen LogP contribution in [-0.4, -0.2) is 73.6 Å². The first-order chi connectivity index (χ1) is 20.8. The Morgan fingerprint density at radius 2 is 1.69 bits per heavy atom. The van der Waals surface area contributed by atoms with Gasteiger partial charge in [-0.3, -0.25) is 29.4 Å². The highest BCUT2D eigenvalue weighted by Crippen LogP contribution is 2.37. The SMILES string of the molecule is CC(C)(C)OC(=O)N1C[C@](C)(O)C[C@@H]1C(=O)N(c1ccc(C(C)(C)C)cc1)C(C(=O)NC1CCC(F)(F)CC1)c1cnccn1. The third kappa shape index (κ3) is 8.53. The molecule has 2 fully saturated rings. The number of carbonyl (C=O) groups is 3. The zero-order valence-electron chi connectivity index (χ0n) is 27.1. The highest BCUT2D eigenvalue weighted by Gasteiger charge is 2.50. The molecule has 12 heteroatoms. The molecule has 0 bridgehead atoms. The van der Waals surface area contributed by atoms with E-state index in [1.54, 1.807) is 32.9 Å². The van der Waals surface area contributed by atoms with Crippen molar-refractivity contribution >= 4 is 23.6 Å². The predicted octanol–water partition coefficient (Wildman–Crippen LogP) is 5.30. The minimum atomic E-state index is -2.78. The number of anilines is 1. The molecule has 1 aliphatic carbocycles. The van der Waals surface area contributed by atoms with Gasteiger partial charge in [-0.15, -0.1) is 0 Å². The number of rotatable bonds is 6. The highest BCUT2D eigenvalue weighted by atomic mass is 19.3. The standard InChI is InChI=1S/C33H45F2N5O5/c1-30(2,3)21-8-10-23(11-9-21)40(28(42)25-18-32(7,44)20-39(25)29(43)45-31(4,5)6)26(24-19-36-16-17-37-24)27(41)38-22-12-14-33(34,35)15-13-22/h8-11,16-17,19,22,25-26,44H,12-15,18,20H2,1-7H3,(H,38,41)/t25-,26?,32-/m1/s1. The lowest BCUT2D eigenvalue weighted by molar-refractivity contribution is -0.129. The Balaban J connectivity index is 1.80. The van der Waals surface area contributed by atoms with E-state index in [1.165, 1.54) is 35.3 Å². The second-order valence-corrected chi connectivity index (χ2v) is 14.5. The molecular weight excluding hydrogens is 584 g/mol. The number of β-amino-alcohol motifs (C(OH)–C–C–N with tert-alkyl or cyclic N) is 1. The van der Waals surface area contributed by atoms with Gasteiger partial charge in [0, 0.05) is 43.4 Å². The van der Waals surface area contributed by atoms with Crippen molar-refractivity contribution in [2.75, 3.05) is 11.4 Å². The number of nitrogens with one attached hydrogen (secondary N) is 1. The van der Waals surface area contributed by atoms with Crippen LogP contribution < -0.4 is 10.2 Å². The van der Waals surface area contributed by atoms with Gasteiger partial charge in [-0.05, 0) is 63.6 Å². The molecule has 1 saturated carbocycles. The number of likely N-dealkylation sites (tertiary alicyclic amines) is 1. The number of alkyl halides is 2. The van der Waals surface area contributed by atoms with Gasteiger partial charge in [-0.25, -0.2) is 13.6 Å². The van der Waals surface area contributed by atoms with Crippen molar-refractivity contribution in [3.05, 3.63) is 54.1 Å². The van der Waals surface area contributed by atoms with E-state index >= 15 is 0 Å². The number of aliphatic hydroxyl groups is 1. The molecule has 3 atom stereocenters. The Kier molecular flexibility index (Phi) is 9.59. The average molecular weight is 630 g/mol. The van der Waals surface area contributed by atoms with Crippen molar-refractivity contribution in [2.45, 2.75) is 121 Å². The summed E-state index contributed by atoms with van der Waals surface area (Å²) in [7, 11) is 0. The number of hydrogen-bond donors (Lipinski definition) is 2. The van der Waals surface area contributed by atoms with Crippen LogP contribution in [0.15, 0.2) is 42.9 Å². The number of amides is 3. The van der Waals surface area contributed by atoms with Gasteiger partial charge in [0.25, 0.3) is 5.91 Å². The molecule has 1 saturated heterocycles.